The Labute approximate surface area is 100 Å². The van der Waals surface area contributed by atoms with E-state index in [1.165, 1.54) is 16.8 Å². The van der Waals surface area contributed by atoms with Crippen molar-refractivity contribution in [2.45, 2.75) is 6.18 Å². The molecule has 8 heteroatoms. The van der Waals surface area contributed by atoms with E-state index in [1.54, 1.807) is 7.05 Å². The largest absolute Gasteiger partial charge is 0.416 e. The molecule has 96 valence electrons. The standard InChI is InChI=1S/C10H10F3N5/c1-18-9(16-8(14)17-18)15-7-4-2-3-6(5-7)10(11,12)13/h2-5H,1H3,(H3,14,15,16,17). The molecule has 0 spiro atoms. The highest BCUT2D eigenvalue weighted by atomic mass is 19.4. The number of alkyl halides is 3. The normalized spacial score (nSPS) is 11.6. The highest BCUT2D eigenvalue weighted by Crippen LogP contribution is 2.31. The van der Waals surface area contributed by atoms with E-state index in [-0.39, 0.29) is 17.6 Å². The van der Waals surface area contributed by atoms with Crippen LogP contribution >= 0.6 is 0 Å². The van der Waals surface area contributed by atoms with Crippen molar-refractivity contribution in [3.8, 4) is 0 Å². The van der Waals surface area contributed by atoms with Gasteiger partial charge in [0.15, 0.2) is 0 Å². The molecule has 1 aromatic heterocycles. The summed E-state index contributed by atoms with van der Waals surface area (Å²) in [6, 6.07) is 4.80. The van der Waals surface area contributed by atoms with Gasteiger partial charge in [0.05, 0.1) is 5.56 Å². The summed E-state index contributed by atoms with van der Waals surface area (Å²) in [5.74, 6) is 0.318. The summed E-state index contributed by atoms with van der Waals surface area (Å²) in [5.41, 5.74) is 4.90. The molecular weight excluding hydrogens is 247 g/mol. The average Bonchev–Trinajstić information content (AvgIpc) is 2.56. The average molecular weight is 257 g/mol. The fourth-order valence-electron chi connectivity index (χ4n) is 1.42. The summed E-state index contributed by atoms with van der Waals surface area (Å²) in [6.07, 6.45) is -4.38. The number of anilines is 3. The first-order valence-corrected chi connectivity index (χ1v) is 4.97. The van der Waals surface area contributed by atoms with Crippen LogP contribution in [0.4, 0.5) is 30.8 Å². The maximum Gasteiger partial charge on any atom is 0.416 e. The van der Waals surface area contributed by atoms with E-state index in [4.69, 9.17) is 5.73 Å². The van der Waals surface area contributed by atoms with Crippen LogP contribution in [0.2, 0.25) is 0 Å². The summed E-state index contributed by atoms with van der Waals surface area (Å²) in [4.78, 5) is 3.83. The van der Waals surface area contributed by atoms with E-state index in [0.29, 0.717) is 0 Å². The van der Waals surface area contributed by atoms with Crippen LogP contribution in [0.15, 0.2) is 24.3 Å². The molecule has 0 aliphatic rings. The third-order valence-electron chi connectivity index (χ3n) is 2.23. The van der Waals surface area contributed by atoms with Crippen LogP contribution in [0.5, 0.6) is 0 Å². The maximum absolute atomic E-state index is 12.5. The molecule has 0 aliphatic carbocycles. The van der Waals surface area contributed by atoms with Crippen LogP contribution in [0.1, 0.15) is 5.56 Å². The van der Waals surface area contributed by atoms with Crippen molar-refractivity contribution in [2.24, 2.45) is 7.05 Å². The van der Waals surface area contributed by atoms with Gasteiger partial charge in [-0.1, -0.05) is 6.07 Å². The number of aryl methyl sites for hydroxylation is 1. The number of benzene rings is 1. The number of aromatic nitrogens is 3. The van der Waals surface area contributed by atoms with Gasteiger partial charge in [-0.3, -0.25) is 0 Å². The van der Waals surface area contributed by atoms with Gasteiger partial charge in [0.25, 0.3) is 0 Å². The van der Waals surface area contributed by atoms with E-state index < -0.39 is 11.7 Å². The zero-order chi connectivity index (χ0) is 13.3. The lowest BCUT2D eigenvalue weighted by Gasteiger charge is -2.09. The molecule has 0 saturated carbocycles. The lowest BCUT2D eigenvalue weighted by Crippen LogP contribution is -2.06. The number of hydrogen-bond acceptors (Lipinski definition) is 4. The smallest absolute Gasteiger partial charge is 0.366 e. The Morgan fingerprint density at radius 1 is 1.33 bits per heavy atom. The summed E-state index contributed by atoms with van der Waals surface area (Å²) in [6.45, 7) is 0. The van der Waals surface area contributed by atoms with Gasteiger partial charge in [-0.25, -0.2) is 4.68 Å². The van der Waals surface area contributed by atoms with Gasteiger partial charge < -0.3 is 11.1 Å². The first-order valence-electron chi connectivity index (χ1n) is 4.97. The number of nitrogens with one attached hydrogen (secondary N) is 1. The summed E-state index contributed by atoms with van der Waals surface area (Å²) in [7, 11) is 1.58. The highest BCUT2D eigenvalue weighted by Gasteiger charge is 2.30. The zero-order valence-corrected chi connectivity index (χ0v) is 9.36. The number of nitrogen functional groups attached to an aromatic ring is 1. The SMILES string of the molecule is Cn1nc(N)nc1Nc1cccc(C(F)(F)F)c1. The first-order chi connectivity index (χ1) is 8.36. The van der Waals surface area contributed by atoms with Crippen LogP contribution in [-0.4, -0.2) is 14.8 Å². The fourth-order valence-corrected chi connectivity index (χ4v) is 1.42. The molecule has 2 rings (SSSR count). The summed E-state index contributed by atoms with van der Waals surface area (Å²) < 4.78 is 38.9. The zero-order valence-electron chi connectivity index (χ0n) is 9.36. The second-order valence-electron chi connectivity index (χ2n) is 3.62. The lowest BCUT2D eigenvalue weighted by atomic mass is 10.2. The molecule has 2 aromatic rings. The van der Waals surface area contributed by atoms with Crippen molar-refractivity contribution in [2.75, 3.05) is 11.1 Å². The molecule has 18 heavy (non-hydrogen) atoms. The van der Waals surface area contributed by atoms with Gasteiger partial charge >= 0.3 is 6.18 Å². The molecular formula is C10H10F3N5. The number of halogens is 3. The molecule has 0 radical (unpaired) electrons. The topological polar surface area (TPSA) is 68.8 Å². The van der Waals surface area contributed by atoms with E-state index in [2.05, 4.69) is 15.4 Å². The molecule has 0 aliphatic heterocycles. The molecule has 0 atom stereocenters. The van der Waals surface area contributed by atoms with Crippen molar-refractivity contribution < 1.29 is 13.2 Å². The molecule has 1 aromatic carbocycles. The van der Waals surface area contributed by atoms with Gasteiger partial charge in [-0.05, 0) is 18.2 Å². The summed E-state index contributed by atoms with van der Waals surface area (Å²) in [5, 5.41) is 6.49. The predicted molar refractivity (Wildman–Crippen MR) is 60.1 cm³/mol. The Morgan fingerprint density at radius 2 is 2.06 bits per heavy atom. The number of nitrogens with two attached hydrogens (primary N) is 1. The van der Waals surface area contributed by atoms with Gasteiger partial charge in [-0.2, -0.15) is 18.2 Å². The minimum absolute atomic E-state index is 0.0481. The first kappa shape index (κ1) is 12.2. The molecule has 3 N–H and O–H groups in total. The Hall–Kier alpha value is -2.25. The quantitative estimate of drug-likeness (QED) is 0.865. The van der Waals surface area contributed by atoms with Crippen molar-refractivity contribution in [3.63, 3.8) is 0 Å². The lowest BCUT2D eigenvalue weighted by molar-refractivity contribution is -0.137. The predicted octanol–water partition coefficient (Wildman–Crippen LogP) is 2.16. The van der Waals surface area contributed by atoms with Gasteiger partial charge in [0.2, 0.25) is 11.9 Å². The Morgan fingerprint density at radius 3 is 2.61 bits per heavy atom. The minimum atomic E-state index is -4.38. The Bertz CT molecular complexity index is 561. The fraction of sp³-hybridized carbons (Fsp3) is 0.200. The van der Waals surface area contributed by atoms with Crippen LogP contribution in [0, 0.1) is 0 Å². The van der Waals surface area contributed by atoms with E-state index in [9.17, 15) is 13.2 Å². The van der Waals surface area contributed by atoms with Gasteiger partial charge in [-0.15, -0.1) is 5.10 Å². The minimum Gasteiger partial charge on any atom is -0.366 e. The molecule has 5 nitrogen and oxygen atoms in total. The van der Waals surface area contributed by atoms with Crippen LogP contribution in [0.25, 0.3) is 0 Å². The summed E-state index contributed by atoms with van der Waals surface area (Å²) >= 11 is 0. The van der Waals surface area contributed by atoms with Gasteiger partial charge in [0, 0.05) is 12.7 Å². The molecule has 0 fully saturated rings. The van der Waals surface area contributed by atoms with Crippen LogP contribution < -0.4 is 11.1 Å². The molecule has 0 bridgehead atoms. The highest BCUT2D eigenvalue weighted by molar-refractivity contribution is 5.55. The monoisotopic (exact) mass is 257 g/mol. The van der Waals surface area contributed by atoms with Crippen molar-refractivity contribution in [3.05, 3.63) is 29.8 Å². The molecule has 0 amide bonds. The molecule has 1 heterocycles. The van der Waals surface area contributed by atoms with E-state index >= 15 is 0 Å². The maximum atomic E-state index is 12.5. The Balaban J connectivity index is 2.27. The third-order valence-corrected chi connectivity index (χ3v) is 2.23. The Kier molecular flexibility index (Phi) is 2.85. The van der Waals surface area contributed by atoms with Gasteiger partial charge in [0.1, 0.15) is 0 Å². The number of hydrogen-bond donors (Lipinski definition) is 2. The van der Waals surface area contributed by atoms with Crippen LogP contribution in [0.3, 0.4) is 0 Å². The second-order valence-corrected chi connectivity index (χ2v) is 3.62. The number of nitrogens with zero attached hydrogens (tertiary/aromatic N) is 3. The third kappa shape index (κ3) is 2.53. The molecule has 0 saturated heterocycles. The number of rotatable bonds is 2. The van der Waals surface area contributed by atoms with Crippen LogP contribution in [-0.2, 0) is 13.2 Å². The molecule has 0 unspecified atom stereocenters. The van der Waals surface area contributed by atoms with E-state index in [1.807, 2.05) is 0 Å². The van der Waals surface area contributed by atoms with Crippen molar-refractivity contribution >= 4 is 17.6 Å². The van der Waals surface area contributed by atoms with Crippen molar-refractivity contribution in [1.29, 1.82) is 0 Å². The van der Waals surface area contributed by atoms with E-state index in [0.717, 1.165) is 12.1 Å². The van der Waals surface area contributed by atoms with Crippen molar-refractivity contribution in [1.82, 2.24) is 14.8 Å². The second kappa shape index (κ2) is 4.21.